The summed E-state index contributed by atoms with van der Waals surface area (Å²) < 4.78 is 4.17. The van der Waals surface area contributed by atoms with Crippen LogP contribution in [0.4, 0.5) is 11.5 Å². The van der Waals surface area contributed by atoms with Crippen molar-refractivity contribution in [1.29, 1.82) is 0 Å². The minimum absolute atomic E-state index is 0.718. The third-order valence-corrected chi connectivity index (χ3v) is 4.24. The summed E-state index contributed by atoms with van der Waals surface area (Å²) in [5.74, 6) is 1.58. The van der Waals surface area contributed by atoms with Crippen LogP contribution in [0.1, 0.15) is 19.7 Å². The maximum Gasteiger partial charge on any atom is 0.164 e. The summed E-state index contributed by atoms with van der Waals surface area (Å²) in [7, 11) is 4.05. The van der Waals surface area contributed by atoms with Crippen molar-refractivity contribution in [3.8, 4) is 10.7 Å². The van der Waals surface area contributed by atoms with Crippen molar-refractivity contribution in [3.63, 3.8) is 0 Å². The van der Waals surface area contributed by atoms with E-state index in [-0.39, 0.29) is 0 Å². The average molecular weight is 356 g/mol. The molecule has 0 bridgehead atoms. The van der Waals surface area contributed by atoms with E-state index in [0.717, 1.165) is 34.7 Å². The molecule has 0 spiro atoms. The van der Waals surface area contributed by atoms with Crippen molar-refractivity contribution in [3.05, 3.63) is 48.3 Å². The number of rotatable bonds is 5. The molecule has 2 aromatic heterocycles. The Kier molecular flexibility index (Phi) is 6.82. The second-order valence-corrected chi connectivity index (χ2v) is 6.05. The number of nitrogens with zero attached hydrogens (tertiary/aromatic N) is 6. The van der Waals surface area contributed by atoms with E-state index in [1.807, 2.05) is 58.2 Å². The van der Waals surface area contributed by atoms with E-state index in [1.54, 1.807) is 0 Å². The highest BCUT2D eigenvalue weighted by Crippen LogP contribution is 2.20. The number of hydrogen-bond acceptors (Lipinski definition) is 7. The first-order valence-corrected chi connectivity index (χ1v) is 9.02. The third-order valence-electron chi connectivity index (χ3n) is 3.41. The van der Waals surface area contributed by atoms with Gasteiger partial charge in [-0.2, -0.15) is 4.37 Å². The fourth-order valence-electron chi connectivity index (χ4n) is 2.20. The predicted molar refractivity (Wildman–Crippen MR) is 105 cm³/mol. The Morgan fingerprint density at radius 3 is 2.20 bits per heavy atom. The van der Waals surface area contributed by atoms with E-state index in [0.29, 0.717) is 0 Å². The van der Waals surface area contributed by atoms with Gasteiger partial charge < -0.3 is 9.80 Å². The van der Waals surface area contributed by atoms with Gasteiger partial charge in [-0.25, -0.2) is 4.98 Å². The fourth-order valence-corrected chi connectivity index (χ4v) is 2.83. The lowest BCUT2D eigenvalue weighted by atomic mass is 10.3. The molecular weight excluding hydrogens is 332 g/mol. The molecule has 0 unspecified atom stereocenters. The van der Waals surface area contributed by atoms with Crippen LogP contribution in [-0.2, 0) is 0 Å². The summed E-state index contributed by atoms with van der Waals surface area (Å²) in [6.45, 7) is 6.59. The molecule has 3 rings (SSSR count). The third kappa shape index (κ3) is 4.96. The molecule has 0 radical (unpaired) electrons. The van der Waals surface area contributed by atoms with Crippen LogP contribution in [0, 0.1) is 6.92 Å². The second kappa shape index (κ2) is 9.08. The Morgan fingerprint density at radius 2 is 1.64 bits per heavy atom. The van der Waals surface area contributed by atoms with E-state index in [4.69, 9.17) is 0 Å². The van der Waals surface area contributed by atoms with Gasteiger partial charge in [0.15, 0.2) is 10.8 Å². The first-order chi connectivity index (χ1) is 12.1. The molecule has 0 saturated carbocycles. The number of para-hydroxylation sites is 1. The summed E-state index contributed by atoms with van der Waals surface area (Å²) in [5, 5.41) is 9.36. The summed E-state index contributed by atoms with van der Waals surface area (Å²) >= 11 is 1.34. The second-order valence-electron chi connectivity index (χ2n) is 5.30. The molecule has 0 fully saturated rings. The molecule has 7 heteroatoms. The molecule has 0 aliphatic heterocycles. The van der Waals surface area contributed by atoms with Crippen LogP contribution >= 0.6 is 11.5 Å². The first kappa shape index (κ1) is 18.8. The molecule has 2 heterocycles. The number of hydrogen-bond donors (Lipinski definition) is 0. The van der Waals surface area contributed by atoms with Gasteiger partial charge in [0.2, 0.25) is 0 Å². The lowest BCUT2D eigenvalue weighted by molar-refractivity contribution is 0.825. The highest BCUT2D eigenvalue weighted by molar-refractivity contribution is 7.09. The maximum atomic E-state index is 4.33. The van der Waals surface area contributed by atoms with Crippen molar-refractivity contribution < 1.29 is 0 Å². The van der Waals surface area contributed by atoms with Gasteiger partial charge in [0.1, 0.15) is 11.5 Å². The van der Waals surface area contributed by atoms with E-state index in [1.165, 1.54) is 11.5 Å². The van der Waals surface area contributed by atoms with E-state index in [2.05, 4.69) is 48.5 Å². The molecule has 0 N–H and O–H groups in total. The molecule has 3 aromatic rings. The zero-order valence-corrected chi connectivity index (χ0v) is 16.2. The average Bonchev–Trinajstić information content (AvgIpc) is 3.10. The number of aromatic nitrogens is 4. The van der Waals surface area contributed by atoms with Crippen molar-refractivity contribution in [2.24, 2.45) is 0 Å². The predicted octanol–water partition coefficient (Wildman–Crippen LogP) is 3.86. The van der Waals surface area contributed by atoms with Gasteiger partial charge in [-0.3, -0.25) is 0 Å². The number of aryl methyl sites for hydroxylation is 1. The molecule has 0 atom stereocenters. The van der Waals surface area contributed by atoms with Crippen LogP contribution in [0.3, 0.4) is 0 Å². The molecule has 0 saturated heterocycles. The summed E-state index contributed by atoms with van der Waals surface area (Å²) in [6.07, 6.45) is 0. The van der Waals surface area contributed by atoms with E-state index < -0.39 is 0 Å². The Balaban J connectivity index is 0.00000109. The number of benzene rings is 1. The van der Waals surface area contributed by atoms with Gasteiger partial charge in [0.05, 0.1) is 6.67 Å². The molecule has 0 aliphatic rings. The zero-order valence-electron chi connectivity index (χ0n) is 15.3. The van der Waals surface area contributed by atoms with E-state index in [9.17, 15) is 0 Å². The SMILES string of the molecule is CC.Cc1nsc(-c2ccc(N(C)CN(C)c3ccccc3)nn2)n1. The monoisotopic (exact) mass is 356 g/mol. The van der Waals surface area contributed by atoms with Gasteiger partial charge >= 0.3 is 0 Å². The Bertz CT molecular complexity index is 757. The number of anilines is 2. The van der Waals surface area contributed by atoms with Gasteiger partial charge in [-0.05, 0) is 42.7 Å². The molecule has 6 nitrogen and oxygen atoms in total. The summed E-state index contributed by atoms with van der Waals surface area (Å²) in [5.41, 5.74) is 1.91. The molecule has 0 aliphatic carbocycles. The molecule has 132 valence electrons. The maximum absolute atomic E-state index is 4.33. The quantitative estimate of drug-likeness (QED) is 0.647. The van der Waals surface area contributed by atoms with Gasteiger partial charge in [0, 0.05) is 19.8 Å². The standard InChI is InChI=1S/C16H18N6S.C2H6/c1-12-17-16(23-20-12)14-9-10-15(19-18-14)22(3)11-21(2)13-7-5-4-6-8-13;1-2/h4-10H,11H2,1-3H3;1-2H3. The minimum Gasteiger partial charge on any atom is -0.357 e. The fraction of sp³-hybridized carbons (Fsp3) is 0.333. The van der Waals surface area contributed by atoms with Crippen molar-refractivity contribution >= 4 is 23.0 Å². The van der Waals surface area contributed by atoms with Crippen molar-refractivity contribution in [2.75, 3.05) is 30.6 Å². The normalized spacial score (nSPS) is 9.96. The summed E-state index contributed by atoms with van der Waals surface area (Å²) in [6, 6.07) is 14.1. The van der Waals surface area contributed by atoms with Gasteiger partial charge in [-0.15, -0.1) is 10.2 Å². The van der Waals surface area contributed by atoms with E-state index >= 15 is 0 Å². The lowest BCUT2D eigenvalue weighted by Gasteiger charge is -2.26. The highest BCUT2D eigenvalue weighted by Gasteiger charge is 2.10. The van der Waals surface area contributed by atoms with Gasteiger partial charge in [-0.1, -0.05) is 32.0 Å². The van der Waals surface area contributed by atoms with Gasteiger partial charge in [0.25, 0.3) is 0 Å². The van der Waals surface area contributed by atoms with Crippen molar-refractivity contribution in [2.45, 2.75) is 20.8 Å². The molecule has 1 aromatic carbocycles. The van der Waals surface area contributed by atoms with Crippen LogP contribution in [0.2, 0.25) is 0 Å². The Labute approximate surface area is 153 Å². The van der Waals surface area contributed by atoms with Crippen LogP contribution in [-0.4, -0.2) is 40.3 Å². The Hall–Kier alpha value is -2.54. The summed E-state index contributed by atoms with van der Waals surface area (Å²) in [4.78, 5) is 8.53. The van der Waals surface area contributed by atoms with Crippen LogP contribution in [0.5, 0.6) is 0 Å². The Morgan fingerprint density at radius 1 is 0.920 bits per heavy atom. The molecular formula is C18H24N6S. The molecule has 0 amide bonds. The smallest absolute Gasteiger partial charge is 0.164 e. The lowest BCUT2D eigenvalue weighted by Crippen LogP contribution is -2.33. The first-order valence-electron chi connectivity index (χ1n) is 8.25. The van der Waals surface area contributed by atoms with Crippen LogP contribution in [0.25, 0.3) is 10.7 Å². The highest BCUT2D eigenvalue weighted by atomic mass is 32.1. The van der Waals surface area contributed by atoms with Crippen LogP contribution in [0.15, 0.2) is 42.5 Å². The van der Waals surface area contributed by atoms with Crippen molar-refractivity contribution in [1.82, 2.24) is 19.6 Å². The molecule has 25 heavy (non-hydrogen) atoms. The minimum atomic E-state index is 0.718. The zero-order chi connectivity index (χ0) is 18.2. The topological polar surface area (TPSA) is 58.0 Å². The van der Waals surface area contributed by atoms with Crippen LogP contribution < -0.4 is 9.80 Å². The largest absolute Gasteiger partial charge is 0.357 e.